The molecule has 0 bridgehead atoms. The Balaban J connectivity index is 1.81. The van der Waals surface area contributed by atoms with Crippen LogP contribution in [0.5, 0.6) is 0 Å². The van der Waals surface area contributed by atoms with E-state index in [2.05, 4.69) is 28.2 Å². The summed E-state index contributed by atoms with van der Waals surface area (Å²) in [5.74, 6) is 0.745. The molecular formula is C13H21N3. The Morgan fingerprint density at radius 3 is 2.62 bits per heavy atom. The van der Waals surface area contributed by atoms with E-state index in [1.807, 2.05) is 0 Å². The molecule has 1 aliphatic heterocycles. The molecule has 1 aliphatic carbocycles. The average Bonchev–Trinajstić information content (AvgIpc) is 2.60. The van der Waals surface area contributed by atoms with Crippen LogP contribution in [0.2, 0.25) is 0 Å². The predicted octanol–water partition coefficient (Wildman–Crippen LogP) is 2.38. The van der Waals surface area contributed by atoms with Crippen molar-refractivity contribution in [2.24, 2.45) is 0 Å². The molecule has 3 rings (SSSR count). The van der Waals surface area contributed by atoms with Crippen LogP contribution in [0.15, 0.2) is 6.20 Å². The van der Waals surface area contributed by atoms with E-state index in [0.717, 1.165) is 5.92 Å². The molecule has 2 aliphatic rings. The molecule has 1 saturated carbocycles. The summed E-state index contributed by atoms with van der Waals surface area (Å²) in [6, 6.07) is 0.704. The van der Waals surface area contributed by atoms with Crippen LogP contribution in [0.1, 0.15) is 55.3 Å². The van der Waals surface area contributed by atoms with Crippen LogP contribution < -0.4 is 5.32 Å². The van der Waals surface area contributed by atoms with Crippen molar-refractivity contribution in [1.29, 1.82) is 0 Å². The quantitative estimate of drug-likeness (QED) is 0.827. The molecule has 88 valence electrons. The van der Waals surface area contributed by atoms with Gasteiger partial charge in [-0.1, -0.05) is 0 Å². The highest BCUT2D eigenvalue weighted by atomic mass is 15.3. The maximum atomic E-state index is 4.61. The smallest absolute Gasteiger partial charge is 0.0527 e. The zero-order chi connectivity index (χ0) is 11.0. The van der Waals surface area contributed by atoms with Crippen LogP contribution in [-0.2, 0) is 0 Å². The topological polar surface area (TPSA) is 29.9 Å². The Bertz CT molecular complexity index is 359. The Morgan fingerprint density at radius 1 is 1.25 bits per heavy atom. The largest absolute Gasteiger partial charge is 0.317 e. The summed E-state index contributed by atoms with van der Waals surface area (Å²) in [6.45, 7) is 4.58. The van der Waals surface area contributed by atoms with Crippen LogP contribution in [0.4, 0.5) is 0 Å². The fourth-order valence-electron chi connectivity index (χ4n) is 2.97. The third kappa shape index (κ3) is 1.67. The lowest BCUT2D eigenvalue weighted by Gasteiger charge is -2.28. The van der Waals surface area contributed by atoms with E-state index in [1.54, 1.807) is 0 Å². The number of aromatic nitrogens is 2. The first-order valence-electron chi connectivity index (χ1n) is 6.61. The minimum absolute atomic E-state index is 0.704. The van der Waals surface area contributed by atoms with Gasteiger partial charge in [0.1, 0.15) is 0 Å². The van der Waals surface area contributed by atoms with Gasteiger partial charge in [0, 0.05) is 5.69 Å². The molecule has 3 nitrogen and oxygen atoms in total. The van der Waals surface area contributed by atoms with Crippen LogP contribution in [-0.4, -0.2) is 22.9 Å². The van der Waals surface area contributed by atoms with Crippen molar-refractivity contribution in [3.05, 3.63) is 17.5 Å². The number of nitrogens with zero attached hydrogens (tertiary/aromatic N) is 2. The van der Waals surface area contributed by atoms with E-state index in [-0.39, 0.29) is 0 Å². The van der Waals surface area contributed by atoms with Gasteiger partial charge in [0.05, 0.1) is 12.2 Å². The fourth-order valence-corrected chi connectivity index (χ4v) is 2.97. The molecule has 1 aromatic rings. The Kier molecular flexibility index (Phi) is 2.72. The van der Waals surface area contributed by atoms with Crippen LogP contribution in [0.25, 0.3) is 0 Å². The Labute approximate surface area is 97.2 Å². The van der Waals surface area contributed by atoms with Crippen LogP contribution in [0, 0.1) is 6.92 Å². The first kappa shape index (κ1) is 10.3. The van der Waals surface area contributed by atoms with Gasteiger partial charge in [-0.05, 0) is 63.6 Å². The van der Waals surface area contributed by atoms with Crippen molar-refractivity contribution in [3.63, 3.8) is 0 Å². The summed E-state index contributed by atoms with van der Waals surface area (Å²) in [5.41, 5.74) is 2.94. The zero-order valence-corrected chi connectivity index (χ0v) is 10.1. The molecule has 0 radical (unpaired) electrons. The maximum absolute atomic E-state index is 4.61. The lowest BCUT2D eigenvalue weighted by atomic mass is 9.89. The third-order valence-electron chi connectivity index (χ3n) is 4.28. The summed E-state index contributed by atoms with van der Waals surface area (Å²) in [4.78, 5) is 0. The van der Waals surface area contributed by atoms with E-state index >= 15 is 0 Å². The molecule has 0 amide bonds. The van der Waals surface area contributed by atoms with Gasteiger partial charge in [0.25, 0.3) is 0 Å². The van der Waals surface area contributed by atoms with Gasteiger partial charge in [-0.15, -0.1) is 0 Å². The molecule has 1 N–H and O–H groups in total. The van der Waals surface area contributed by atoms with Gasteiger partial charge in [0.15, 0.2) is 0 Å². The highest BCUT2D eigenvalue weighted by Crippen LogP contribution is 2.35. The van der Waals surface area contributed by atoms with E-state index in [1.165, 1.54) is 56.5 Å². The van der Waals surface area contributed by atoms with Gasteiger partial charge < -0.3 is 5.32 Å². The number of nitrogens with one attached hydrogen (secondary N) is 1. The predicted molar refractivity (Wildman–Crippen MR) is 64.7 cm³/mol. The minimum atomic E-state index is 0.704. The number of hydrogen-bond acceptors (Lipinski definition) is 2. The lowest BCUT2D eigenvalue weighted by molar-refractivity contribution is 0.284. The first-order chi connectivity index (χ1) is 7.86. The van der Waals surface area contributed by atoms with Gasteiger partial charge in [-0.2, -0.15) is 5.10 Å². The molecule has 0 unspecified atom stereocenters. The molecule has 0 atom stereocenters. The second-order valence-electron chi connectivity index (χ2n) is 5.24. The summed E-state index contributed by atoms with van der Waals surface area (Å²) in [5, 5.41) is 8.04. The van der Waals surface area contributed by atoms with Gasteiger partial charge in [-0.25, -0.2) is 0 Å². The lowest BCUT2D eigenvalue weighted by Crippen LogP contribution is -2.27. The van der Waals surface area contributed by atoms with Crippen molar-refractivity contribution in [2.45, 2.75) is 51.0 Å². The highest BCUT2D eigenvalue weighted by Gasteiger charge is 2.25. The minimum Gasteiger partial charge on any atom is -0.317 e. The fraction of sp³-hybridized carbons (Fsp3) is 0.769. The van der Waals surface area contributed by atoms with Gasteiger partial charge in [0.2, 0.25) is 0 Å². The first-order valence-corrected chi connectivity index (χ1v) is 6.61. The van der Waals surface area contributed by atoms with Crippen LogP contribution >= 0.6 is 0 Å². The van der Waals surface area contributed by atoms with E-state index in [0.29, 0.717) is 6.04 Å². The molecule has 1 saturated heterocycles. The molecule has 0 aromatic carbocycles. The zero-order valence-electron chi connectivity index (χ0n) is 10.1. The molecule has 3 heteroatoms. The van der Waals surface area contributed by atoms with Crippen molar-refractivity contribution < 1.29 is 0 Å². The molecule has 2 heterocycles. The molecule has 2 fully saturated rings. The second kappa shape index (κ2) is 4.21. The monoisotopic (exact) mass is 219 g/mol. The van der Waals surface area contributed by atoms with Gasteiger partial charge in [-0.3, -0.25) is 4.68 Å². The van der Waals surface area contributed by atoms with Gasteiger partial charge >= 0.3 is 0 Å². The normalized spacial score (nSPS) is 23.3. The summed E-state index contributed by atoms with van der Waals surface area (Å²) in [6.07, 6.45) is 8.72. The van der Waals surface area contributed by atoms with Crippen LogP contribution in [0.3, 0.4) is 0 Å². The second-order valence-corrected chi connectivity index (χ2v) is 5.24. The highest BCUT2D eigenvalue weighted by molar-refractivity contribution is 5.22. The Morgan fingerprint density at radius 2 is 2.00 bits per heavy atom. The molecule has 16 heavy (non-hydrogen) atoms. The number of hydrogen-bond donors (Lipinski definition) is 1. The molecule has 1 aromatic heterocycles. The number of piperidine rings is 1. The van der Waals surface area contributed by atoms with Crippen molar-refractivity contribution in [1.82, 2.24) is 15.1 Å². The van der Waals surface area contributed by atoms with E-state index in [4.69, 9.17) is 0 Å². The van der Waals surface area contributed by atoms with Crippen molar-refractivity contribution >= 4 is 0 Å². The molecule has 0 spiro atoms. The average molecular weight is 219 g/mol. The third-order valence-corrected chi connectivity index (χ3v) is 4.28. The maximum Gasteiger partial charge on any atom is 0.0527 e. The Hall–Kier alpha value is -0.830. The molecular weight excluding hydrogens is 198 g/mol. The summed E-state index contributed by atoms with van der Waals surface area (Å²) >= 11 is 0. The SMILES string of the molecule is Cc1c(C2CCNCC2)cnn1C1CCC1. The number of rotatable bonds is 2. The summed E-state index contributed by atoms with van der Waals surface area (Å²) in [7, 11) is 0. The van der Waals surface area contributed by atoms with E-state index < -0.39 is 0 Å². The van der Waals surface area contributed by atoms with Crippen molar-refractivity contribution in [3.8, 4) is 0 Å². The van der Waals surface area contributed by atoms with Crippen molar-refractivity contribution in [2.75, 3.05) is 13.1 Å². The van der Waals surface area contributed by atoms with E-state index in [9.17, 15) is 0 Å². The standard InChI is InChI=1S/C13H21N3/c1-10-13(11-5-7-14-8-6-11)9-15-16(10)12-3-2-4-12/h9,11-12,14H,2-8H2,1H3. The summed E-state index contributed by atoms with van der Waals surface area (Å²) < 4.78 is 2.28.